The molecule has 7 heteroatoms. The molecule has 1 aromatic heterocycles. The van der Waals surface area contributed by atoms with Crippen LogP contribution in [0, 0.1) is 0 Å². The second-order valence-corrected chi connectivity index (χ2v) is 6.33. The van der Waals surface area contributed by atoms with Crippen LogP contribution in [0.4, 0.5) is 10.5 Å². The van der Waals surface area contributed by atoms with Gasteiger partial charge in [0.2, 0.25) is 0 Å². The molecular formula is C14H14Cl2N2O2S. The summed E-state index contributed by atoms with van der Waals surface area (Å²) in [5.74, 6) is 0. The van der Waals surface area contributed by atoms with E-state index in [0.717, 1.165) is 4.88 Å². The van der Waals surface area contributed by atoms with Crippen molar-refractivity contribution in [2.24, 2.45) is 0 Å². The van der Waals surface area contributed by atoms with Gasteiger partial charge in [0.25, 0.3) is 0 Å². The lowest BCUT2D eigenvalue weighted by Crippen LogP contribution is -2.32. The molecule has 4 nitrogen and oxygen atoms in total. The molecule has 0 spiro atoms. The summed E-state index contributed by atoms with van der Waals surface area (Å²) >= 11 is 13.3. The molecule has 112 valence electrons. The van der Waals surface area contributed by atoms with Crippen molar-refractivity contribution in [3.63, 3.8) is 0 Å². The number of carbonyl (C=O) groups excluding carboxylic acids is 1. The van der Waals surface area contributed by atoms with Crippen LogP contribution in [0.25, 0.3) is 0 Å². The van der Waals surface area contributed by atoms with E-state index in [4.69, 9.17) is 27.9 Å². The topological polar surface area (TPSA) is 50.4 Å². The van der Waals surface area contributed by atoms with E-state index in [-0.39, 0.29) is 12.1 Å². The molecule has 2 aromatic rings. The molecule has 0 radical (unpaired) electrons. The molecule has 0 saturated carbocycles. The minimum atomic E-state index is -0.340. The SMILES string of the molecule is CO[C@H](CNC(=O)Nc1ccccc1Cl)c1ccc(Cl)s1. The largest absolute Gasteiger partial charge is 0.374 e. The van der Waals surface area contributed by atoms with E-state index in [1.807, 2.05) is 6.07 Å². The van der Waals surface area contributed by atoms with Gasteiger partial charge in [0, 0.05) is 12.0 Å². The van der Waals surface area contributed by atoms with Crippen LogP contribution in [-0.2, 0) is 4.74 Å². The first-order valence-electron chi connectivity index (χ1n) is 6.17. The van der Waals surface area contributed by atoms with Gasteiger partial charge in [-0.2, -0.15) is 0 Å². The molecule has 0 bridgehead atoms. The van der Waals surface area contributed by atoms with Crippen molar-refractivity contribution in [2.75, 3.05) is 19.0 Å². The molecule has 2 N–H and O–H groups in total. The van der Waals surface area contributed by atoms with Crippen molar-refractivity contribution in [3.8, 4) is 0 Å². The van der Waals surface area contributed by atoms with Gasteiger partial charge in [0.05, 0.1) is 21.6 Å². The molecule has 1 atom stereocenters. The minimum absolute atomic E-state index is 0.237. The quantitative estimate of drug-likeness (QED) is 0.834. The molecule has 0 aliphatic rings. The van der Waals surface area contributed by atoms with E-state index >= 15 is 0 Å². The molecule has 1 heterocycles. The summed E-state index contributed by atoms with van der Waals surface area (Å²) in [5.41, 5.74) is 0.560. The van der Waals surface area contributed by atoms with Crippen LogP contribution in [0.3, 0.4) is 0 Å². The van der Waals surface area contributed by atoms with E-state index in [2.05, 4.69) is 10.6 Å². The number of rotatable bonds is 5. The van der Waals surface area contributed by atoms with Crippen LogP contribution < -0.4 is 10.6 Å². The number of halogens is 2. The van der Waals surface area contributed by atoms with E-state index in [1.54, 1.807) is 37.4 Å². The number of urea groups is 1. The van der Waals surface area contributed by atoms with Crippen LogP contribution in [0.2, 0.25) is 9.36 Å². The molecule has 0 fully saturated rings. The Morgan fingerprint density at radius 1 is 1.29 bits per heavy atom. The number of carbonyl (C=O) groups is 1. The maximum Gasteiger partial charge on any atom is 0.319 e. The normalized spacial score (nSPS) is 12.0. The summed E-state index contributed by atoms with van der Waals surface area (Å²) < 4.78 is 6.04. The Morgan fingerprint density at radius 2 is 2.05 bits per heavy atom. The molecule has 0 saturated heterocycles. The average molecular weight is 345 g/mol. The maximum atomic E-state index is 11.9. The fourth-order valence-electron chi connectivity index (χ4n) is 1.72. The number of hydrogen-bond donors (Lipinski definition) is 2. The lowest BCUT2D eigenvalue weighted by atomic mass is 10.3. The highest BCUT2D eigenvalue weighted by Crippen LogP contribution is 2.28. The van der Waals surface area contributed by atoms with Crippen LogP contribution in [-0.4, -0.2) is 19.7 Å². The standard InChI is InChI=1S/C14H14Cl2N2O2S/c1-20-11(12-6-7-13(16)21-12)8-17-14(19)18-10-5-3-2-4-9(10)15/h2-7,11H,8H2,1H3,(H2,17,18,19)/t11-/m1/s1. The van der Waals surface area contributed by atoms with Crippen molar-refractivity contribution >= 4 is 46.3 Å². The average Bonchev–Trinajstić information content (AvgIpc) is 2.89. The molecule has 1 aromatic carbocycles. The van der Waals surface area contributed by atoms with Crippen molar-refractivity contribution in [1.29, 1.82) is 0 Å². The Kier molecular flexibility index (Phi) is 5.87. The Hall–Kier alpha value is -1.27. The fraction of sp³-hybridized carbons (Fsp3) is 0.214. The zero-order valence-electron chi connectivity index (χ0n) is 11.2. The Bertz CT molecular complexity index is 619. The maximum absolute atomic E-state index is 11.9. The first-order chi connectivity index (χ1) is 10.1. The van der Waals surface area contributed by atoms with Gasteiger partial charge < -0.3 is 15.4 Å². The number of benzene rings is 1. The lowest BCUT2D eigenvalue weighted by molar-refractivity contribution is 0.107. The third kappa shape index (κ3) is 4.61. The second-order valence-electron chi connectivity index (χ2n) is 4.18. The Balaban J connectivity index is 1.89. The van der Waals surface area contributed by atoms with E-state index in [0.29, 0.717) is 21.6 Å². The van der Waals surface area contributed by atoms with Gasteiger partial charge in [-0.1, -0.05) is 35.3 Å². The first-order valence-corrected chi connectivity index (χ1v) is 7.75. The number of nitrogens with one attached hydrogen (secondary N) is 2. The van der Waals surface area contributed by atoms with Crippen molar-refractivity contribution in [2.45, 2.75) is 6.10 Å². The highest BCUT2D eigenvalue weighted by atomic mass is 35.5. The minimum Gasteiger partial charge on any atom is -0.374 e. The number of thiophene rings is 1. The fourth-order valence-corrected chi connectivity index (χ4v) is 3.04. The van der Waals surface area contributed by atoms with Crippen molar-refractivity contribution in [1.82, 2.24) is 5.32 Å². The predicted octanol–water partition coefficient (Wildman–Crippen LogP) is 4.56. The highest BCUT2D eigenvalue weighted by Gasteiger charge is 2.14. The molecule has 0 unspecified atom stereocenters. The molecule has 2 amide bonds. The van der Waals surface area contributed by atoms with Crippen LogP contribution in [0.5, 0.6) is 0 Å². The van der Waals surface area contributed by atoms with Crippen molar-refractivity contribution in [3.05, 3.63) is 50.6 Å². The number of para-hydroxylation sites is 1. The molecule has 2 rings (SSSR count). The summed E-state index contributed by atoms with van der Waals surface area (Å²) in [6.07, 6.45) is -0.237. The third-order valence-electron chi connectivity index (χ3n) is 2.77. The number of amides is 2. The second kappa shape index (κ2) is 7.66. The number of hydrogen-bond acceptors (Lipinski definition) is 3. The molecule has 0 aliphatic heterocycles. The third-order valence-corrected chi connectivity index (χ3v) is 4.42. The zero-order chi connectivity index (χ0) is 15.2. The van der Waals surface area contributed by atoms with Crippen molar-refractivity contribution < 1.29 is 9.53 Å². The Morgan fingerprint density at radius 3 is 2.67 bits per heavy atom. The molecular weight excluding hydrogens is 331 g/mol. The van der Waals surface area contributed by atoms with E-state index < -0.39 is 0 Å². The predicted molar refractivity (Wildman–Crippen MR) is 87.6 cm³/mol. The van der Waals surface area contributed by atoms with E-state index in [9.17, 15) is 4.79 Å². The van der Waals surface area contributed by atoms with Gasteiger partial charge in [-0.15, -0.1) is 11.3 Å². The number of anilines is 1. The van der Waals surface area contributed by atoms with Gasteiger partial charge in [-0.3, -0.25) is 0 Å². The first kappa shape index (κ1) is 16.1. The zero-order valence-corrected chi connectivity index (χ0v) is 13.6. The van der Waals surface area contributed by atoms with Gasteiger partial charge >= 0.3 is 6.03 Å². The number of ether oxygens (including phenoxy) is 1. The summed E-state index contributed by atoms with van der Waals surface area (Å²) in [6.45, 7) is 0.337. The van der Waals surface area contributed by atoms with Gasteiger partial charge in [0.1, 0.15) is 6.10 Å². The lowest BCUT2D eigenvalue weighted by Gasteiger charge is -2.15. The summed E-state index contributed by atoms with van der Waals surface area (Å²) in [5, 5.41) is 5.92. The van der Waals surface area contributed by atoms with Crippen LogP contribution in [0.15, 0.2) is 36.4 Å². The van der Waals surface area contributed by atoms with Crippen LogP contribution in [0.1, 0.15) is 11.0 Å². The van der Waals surface area contributed by atoms with Gasteiger partial charge in [-0.25, -0.2) is 4.79 Å². The van der Waals surface area contributed by atoms with Gasteiger partial charge in [-0.05, 0) is 24.3 Å². The van der Waals surface area contributed by atoms with Crippen LogP contribution >= 0.6 is 34.5 Å². The Labute approximate surface area is 137 Å². The summed E-state index contributed by atoms with van der Waals surface area (Å²) in [4.78, 5) is 12.8. The van der Waals surface area contributed by atoms with E-state index in [1.165, 1.54) is 11.3 Å². The highest BCUT2D eigenvalue weighted by molar-refractivity contribution is 7.16. The van der Waals surface area contributed by atoms with Gasteiger partial charge in [0.15, 0.2) is 0 Å². The monoisotopic (exact) mass is 344 g/mol. The summed E-state index contributed by atoms with van der Waals surface area (Å²) in [6, 6.07) is 10.4. The smallest absolute Gasteiger partial charge is 0.319 e. The number of methoxy groups -OCH3 is 1. The summed E-state index contributed by atoms with van der Waals surface area (Å²) in [7, 11) is 1.59. The molecule has 0 aliphatic carbocycles. The molecule has 21 heavy (non-hydrogen) atoms.